The van der Waals surface area contributed by atoms with E-state index in [-0.39, 0.29) is 0 Å². The van der Waals surface area contributed by atoms with Crippen LogP contribution in [-0.2, 0) is 6.42 Å². The molecule has 0 N–H and O–H groups in total. The van der Waals surface area contributed by atoms with Gasteiger partial charge in [0.15, 0.2) is 0 Å². The Balaban J connectivity index is 1.62. The maximum absolute atomic E-state index is 6.23. The van der Waals surface area contributed by atoms with E-state index in [0.717, 1.165) is 11.4 Å². The first-order valence-corrected chi connectivity index (χ1v) is 9.58. The quantitative estimate of drug-likeness (QED) is 0.295. The standard InChI is InChI=1S/C25H16ClN/c26-18-10-9-16-13-17-14-19(11-12-20(17)23(16)15-18)27-24-7-3-1-5-21(24)22-6-2-4-8-25(22)27/h1-12,14-15H,13H2. The van der Waals surface area contributed by atoms with Crippen molar-refractivity contribution in [2.24, 2.45) is 0 Å². The van der Waals surface area contributed by atoms with Crippen LogP contribution < -0.4 is 0 Å². The summed E-state index contributed by atoms with van der Waals surface area (Å²) in [5.41, 5.74) is 9.00. The highest BCUT2D eigenvalue weighted by molar-refractivity contribution is 6.31. The van der Waals surface area contributed by atoms with E-state index in [1.54, 1.807) is 0 Å². The summed E-state index contributed by atoms with van der Waals surface area (Å²) < 4.78 is 2.38. The van der Waals surface area contributed by atoms with E-state index in [4.69, 9.17) is 11.6 Å². The van der Waals surface area contributed by atoms with Gasteiger partial charge in [0.1, 0.15) is 0 Å². The van der Waals surface area contributed by atoms with Gasteiger partial charge < -0.3 is 4.57 Å². The zero-order chi connectivity index (χ0) is 18.0. The van der Waals surface area contributed by atoms with Gasteiger partial charge in [-0.3, -0.25) is 0 Å². The first kappa shape index (κ1) is 15.1. The lowest BCUT2D eigenvalue weighted by Crippen LogP contribution is -1.95. The SMILES string of the molecule is Clc1ccc2c(c1)-c1ccc(-n3c4ccccc4c4ccccc43)cc1C2. The van der Waals surface area contributed by atoms with E-state index in [0.29, 0.717) is 0 Å². The molecule has 5 aromatic rings. The molecule has 1 aliphatic rings. The second kappa shape index (κ2) is 5.48. The van der Waals surface area contributed by atoms with Gasteiger partial charge in [0.25, 0.3) is 0 Å². The van der Waals surface area contributed by atoms with E-state index in [1.165, 1.54) is 49.7 Å². The third-order valence-corrected chi connectivity index (χ3v) is 5.91. The van der Waals surface area contributed by atoms with Crippen molar-refractivity contribution in [3.8, 4) is 16.8 Å². The number of para-hydroxylation sites is 2. The molecule has 4 aromatic carbocycles. The topological polar surface area (TPSA) is 4.93 Å². The van der Waals surface area contributed by atoms with Gasteiger partial charge in [0.2, 0.25) is 0 Å². The van der Waals surface area contributed by atoms with Crippen molar-refractivity contribution in [2.45, 2.75) is 6.42 Å². The highest BCUT2D eigenvalue weighted by Crippen LogP contribution is 2.40. The average molecular weight is 366 g/mol. The van der Waals surface area contributed by atoms with Gasteiger partial charge in [-0.2, -0.15) is 0 Å². The highest BCUT2D eigenvalue weighted by atomic mass is 35.5. The van der Waals surface area contributed by atoms with Crippen LogP contribution in [0.2, 0.25) is 5.02 Å². The summed E-state index contributed by atoms with van der Waals surface area (Å²) >= 11 is 6.23. The summed E-state index contributed by atoms with van der Waals surface area (Å²) in [5.74, 6) is 0. The molecule has 0 saturated heterocycles. The molecule has 0 atom stereocenters. The molecule has 0 amide bonds. The van der Waals surface area contributed by atoms with Crippen LogP contribution in [0.25, 0.3) is 38.6 Å². The van der Waals surface area contributed by atoms with Gasteiger partial charge >= 0.3 is 0 Å². The number of rotatable bonds is 1. The van der Waals surface area contributed by atoms with Crippen LogP contribution in [0.1, 0.15) is 11.1 Å². The molecular formula is C25H16ClN. The molecule has 6 rings (SSSR count). The van der Waals surface area contributed by atoms with Crippen LogP contribution in [0.15, 0.2) is 84.9 Å². The molecule has 0 bridgehead atoms. The van der Waals surface area contributed by atoms with Gasteiger partial charge in [0, 0.05) is 21.5 Å². The number of aromatic nitrogens is 1. The fraction of sp³-hybridized carbons (Fsp3) is 0.0400. The molecule has 0 spiro atoms. The van der Waals surface area contributed by atoms with Crippen molar-refractivity contribution >= 4 is 33.4 Å². The predicted octanol–water partition coefficient (Wildman–Crippen LogP) is 7.01. The molecule has 2 heteroatoms. The van der Waals surface area contributed by atoms with Crippen molar-refractivity contribution in [1.82, 2.24) is 4.57 Å². The summed E-state index contributed by atoms with van der Waals surface area (Å²) in [7, 11) is 0. The largest absolute Gasteiger partial charge is 0.309 e. The summed E-state index contributed by atoms with van der Waals surface area (Å²) in [5, 5.41) is 3.39. The predicted molar refractivity (Wildman–Crippen MR) is 114 cm³/mol. The molecule has 1 nitrogen and oxygen atoms in total. The lowest BCUT2D eigenvalue weighted by Gasteiger charge is -2.10. The highest BCUT2D eigenvalue weighted by Gasteiger charge is 2.20. The van der Waals surface area contributed by atoms with Crippen LogP contribution in [0, 0.1) is 0 Å². The van der Waals surface area contributed by atoms with Gasteiger partial charge in [0.05, 0.1) is 11.0 Å². The molecule has 128 valence electrons. The molecule has 0 unspecified atom stereocenters. The normalized spacial score (nSPS) is 12.5. The molecule has 0 fully saturated rings. The second-order valence-corrected chi connectivity index (χ2v) is 7.63. The van der Waals surface area contributed by atoms with Gasteiger partial charge in [-0.25, -0.2) is 0 Å². The Morgan fingerprint density at radius 1 is 0.630 bits per heavy atom. The maximum atomic E-state index is 6.23. The third-order valence-electron chi connectivity index (χ3n) is 5.67. The number of hydrogen-bond donors (Lipinski definition) is 0. The van der Waals surface area contributed by atoms with E-state index in [1.807, 2.05) is 6.07 Å². The van der Waals surface area contributed by atoms with Gasteiger partial charge in [-0.15, -0.1) is 0 Å². The molecule has 27 heavy (non-hydrogen) atoms. The molecule has 0 radical (unpaired) electrons. The molecule has 0 aliphatic heterocycles. The number of benzene rings is 4. The Hall–Kier alpha value is -3.03. The fourth-order valence-corrected chi connectivity index (χ4v) is 4.66. The minimum atomic E-state index is 0.799. The van der Waals surface area contributed by atoms with E-state index >= 15 is 0 Å². The van der Waals surface area contributed by atoms with Crippen molar-refractivity contribution in [3.05, 3.63) is 101 Å². The minimum absolute atomic E-state index is 0.799. The first-order chi connectivity index (χ1) is 13.3. The second-order valence-electron chi connectivity index (χ2n) is 7.19. The zero-order valence-corrected chi connectivity index (χ0v) is 15.4. The van der Waals surface area contributed by atoms with Crippen LogP contribution in [-0.4, -0.2) is 4.57 Å². The molecule has 1 heterocycles. The zero-order valence-electron chi connectivity index (χ0n) is 14.6. The summed E-state index contributed by atoms with van der Waals surface area (Å²) in [6.07, 6.45) is 0.965. The third kappa shape index (κ3) is 2.12. The van der Waals surface area contributed by atoms with Crippen LogP contribution in [0.5, 0.6) is 0 Å². The Kier molecular flexibility index (Phi) is 3.06. The maximum Gasteiger partial charge on any atom is 0.0541 e. The summed E-state index contributed by atoms with van der Waals surface area (Å²) in [4.78, 5) is 0. The lowest BCUT2D eigenvalue weighted by molar-refractivity contribution is 1.16. The Morgan fingerprint density at radius 3 is 2.07 bits per heavy atom. The van der Waals surface area contributed by atoms with Crippen LogP contribution >= 0.6 is 11.6 Å². The van der Waals surface area contributed by atoms with Crippen LogP contribution in [0.4, 0.5) is 0 Å². The van der Waals surface area contributed by atoms with E-state index in [9.17, 15) is 0 Å². The monoisotopic (exact) mass is 365 g/mol. The van der Waals surface area contributed by atoms with Crippen LogP contribution in [0.3, 0.4) is 0 Å². The smallest absolute Gasteiger partial charge is 0.0541 e. The minimum Gasteiger partial charge on any atom is -0.309 e. The van der Waals surface area contributed by atoms with Crippen molar-refractivity contribution < 1.29 is 0 Å². The lowest BCUT2D eigenvalue weighted by atomic mass is 10.1. The number of hydrogen-bond acceptors (Lipinski definition) is 0. The van der Waals surface area contributed by atoms with Crippen molar-refractivity contribution in [2.75, 3.05) is 0 Å². The van der Waals surface area contributed by atoms with Gasteiger partial charge in [-0.1, -0.05) is 60.1 Å². The summed E-state index contributed by atoms with van der Waals surface area (Å²) in [6, 6.07) is 30.3. The van der Waals surface area contributed by atoms with Crippen molar-refractivity contribution in [3.63, 3.8) is 0 Å². The van der Waals surface area contributed by atoms with E-state index in [2.05, 4.69) is 83.4 Å². The summed E-state index contributed by atoms with van der Waals surface area (Å²) in [6.45, 7) is 0. The number of halogens is 1. The average Bonchev–Trinajstić information content (AvgIpc) is 3.23. The molecule has 1 aliphatic carbocycles. The fourth-order valence-electron chi connectivity index (χ4n) is 4.49. The van der Waals surface area contributed by atoms with E-state index < -0.39 is 0 Å². The number of fused-ring (bicyclic) bond motifs is 6. The number of nitrogens with zero attached hydrogens (tertiary/aromatic N) is 1. The molecule has 1 aromatic heterocycles. The molecular weight excluding hydrogens is 350 g/mol. The molecule has 0 saturated carbocycles. The van der Waals surface area contributed by atoms with Crippen molar-refractivity contribution in [1.29, 1.82) is 0 Å². The Morgan fingerprint density at radius 2 is 1.33 bits per heavy atom. The first-order valence-electron chi connectivity index (χ1n) is 9.20. The Bertz CT molecular complexity index is 1310. The van der Waals surface area contributed by atoms with Gasteiger partial charge in [-0.05, 0) is 65.1 Å². The Labute approximate surface area is 162 Å².